The van der Waals surface area contributed by atoms with E-state index in [2.05, 4.69) is 57.7 Å². The van der Waals surface area contributed by atoms with Gasteiger partial charge in [-0.25, -0.2) is 0 Å². The van der Waals surface area contributed by atoms with Crippen LogP contribution in [0.4, 0.5) is 0 Å². The molecule has 0 aliphatic heterocycles. The lowest BCUT2D eigenvalue weighted by Gasteiger charge is -2.12. The maximum absolute atomic E-state index is 4.09. The molecule has 0 radical (unpaired) electrons. The van der Waals surface area contributed by atoms with E-state index in [4.69, 9.17) is 0 Å². The van der Waals surface area contributed by atoms with Crippen molar-refractivity contribution in [1.82, 2.24) is 0 Å². The van der Waals surface area contributed by atoms with E-state index in [1.54, 1.807) is 5.57 Å². The predicted molar refractivity (Wildman–Crippen MR) is 95.3 cm³/mol. The summed E-state index contributed by atoms with van der Waals surface area (Å²) >= 11 is 0. The summed E-state index contributed by atoms with van der Waals surface area (Å²) < 4.78 is 0. The minimum absolute atomic E-state index is 1.13. The molecule has 21 heavy (non-hydrogen) atoms. The SMILES string of the molecule is C=C(C)c1ccc(CCCC)c(C2=CCC(CCC)=C2)c1. The van der Waals surface area contributed by atoms with Gasteiger partial charge in [0.25, 0.3) is 0 Å². The minimum Gasteiger partial charge on any atom is -0.0955 e. The molecule has 1 aromatic rings. The van der Waals surface area contributed by atoms with E-state index in [0.717, 1.165) is 12.0 Å². The second kappa shape index (κ2) is 7.45. The summed E-state index contributed by atoms with van der Waals surface area (Å²) in [6, 6.07) is 6.87. The predicted octanol–water partition coefficient (Wildman–Crippen LogP) is 6.58. The van der Waals surface area contributed by atoms with E-state index in [0.29, 0.717) is 0 Å². The number of rotatable bonds is 7. The summed E-state index contributed by atoms with van der Waals surface area (Å²) in [5, 5.41) is 0. The van der Waals surface area contributed by atoms with Gasteiger partial charge in [0.05, 0.1) is 0 Å². The van der Waals surface area contributed by atoms with Crippen LogP contribution in [0.25, 0.3) is 11.1 Å². The largest absolute Gasteiger partial charge is 0.0955 e. The first-order valence-corrected chi connectivity index (χ1v) is 8.34. The Morgan fingerprint density at radius 3 is 2.62 bits per heavy atom. The standard InChI is InChI=1S/C21H28/c1-5-7-9-18-12-13-19(16(3)4)15-21(18)20-11-10-17(14-20)8-6-2/h11-15H,3,5-10H2,1-2,4H3. The Hall–Kier alpha value is -1.56. The van der Waals surface area contributed by atoms with Gasteiger partial charge in [-0.3, -0.25) is 0 Å². The van der Waals surface area contributed by atoms with Crippen LogP contribution in [0.15, 0.2) is 42.5 Å². The third-order valence-electron chi connectivity index (χ3n) is 4.23. The molecule has 0 atom stereocenters. The molecule has 1 aliphatic carbocycles. The van der Waals surface area contributed by atoms with Gasteiger partial charge >= 0.3 is 0 Å². The molecule has 0 saturated heterocycles. The molecule has 1 aliphatic rings. The average Bonchev–Trinajstić information content (AvgIpc) is 2.93. The van der Waals surface area contributed by atoms with Gasteiger partial charge in [-0.1, -0.05) is 68.7 Å². The van der Waals surface area contributed by atoms with Crippen LogP contribution in [0.2, 0.25) is 0 Å². The molecule has 0 heterocycles. The molecule has 0 unspecified atom stereocenters. The van der Waals surface area contributed by atoms with Gasteiger partial charge in [0.15, 0.2) is 0 Å². The van der Waals surface area contributed by atoms with Crippen molar-refractivity contribution in [1.29, 1.82) is 0 Å². The summed E-state index contributed by atoms with van der Waals surface area (Å²) in [4.78, 5) is 0. The first-order valence-electron chi connectivity index (χ1n) is 8.34. The topological polar surface area (TPSA) is 0 Å². The van der Waals surface area contributed by atoms with Crippen LogP contribution < -0.4 is 0 Å². The molecule has 0 bridgehead atoms. The normalized spacial score (nSPS) is 14.0. The number of allylic oxidation sites excluding steroid dienone is 5. The Labute approximate surface area is 130 Å². The van der Waals surface area contributed by atoms with Gasteiger partial charge in [0.2, 0.25) is 0 Å². The van der Waals surface area contributed by atoms with E-state index in [9.17, 15) is 0 Å². The average molecular weight is 280 g/mol. The first kappa shape index (κ1) is 15.8. The molecule has 0 amide bonds. The van der Waals surface area contributed by atoms with Crippen molar-refractivity contribution in [3.63, 3.8) is 0 Å². The van der Waals surface area contributed by atoms with Crippen molar-refractivity contribution >= 4 is 11.1 Å². The maximum atomic E-state index is 4.09. The van der Waals surface area contributed by atoms with Gasteiger partial charge in [-0.15, -0.1) is 0 Å². The van der Waals surface area contributed by atoms with Crippen molar-refractivity contribution in [2.75, 3.05) is 0 Å². The molecule has 0 saturated carbocycles. The number of benzene rings is 1. The molecule has 0 heteroatoms. The summed E-state index contributed by atoms with van der Waals surface area (Å²) in [6.45, 7) is 10.7. The fourth-order valence-corrected chi connectivity index (χ4v) is 2.96. The van der Waals surface area contributed by atoms with Gasteiger partial charge < -0.3 is 0 Å². The Morgan fingerprint density at radius 1 is 1.14 bits per heavy atom. The second-order valence-electron chi connectivity index (χ2n) is 6.17. The van der Waals surface area contributed by atoms with Gasteiger partial charge in [-0.05, 0) is 60.9 Å². The maximum Gasteiger partial charge on any atom is -0.0126 e. The van der Waals surface area contributed by atoms with Crippen LogP contribution in [-0.2, 0) is 6.42 Å². The number of unbranched alkanes of at least 4 members (excludes halogenated alkanes) is 1. The molecular weight excluding hydrogens is 252 g/mol. The van der Waals surface area contributed by atoms with Crippen LogP contribution >= 0.6 is 0 Å². The fraction of sp³-hybridized carbons (Fsp3) is 0.429. The number of aryl methyl sites for hydroxylation is 1. The highest BCUT2D eigenvalue weighted by atomic mass is 14.2. The zero-order chi connectivity index (χ0) is 15.2. The molecule has 0 fully saturated rings. The molecule has 112 valence electrons. The van der Waals surface area contributed by atoms with Crippen LogP contribution in [0.1, 0.15) is 69.6 Å². The Balaban J connectivity index is 2.34. The first-order chi connectivity index (χ1) is 10.2. The Morgan fingerprint density at radius 2 is 1.95 bits per heavy atom. The van der Waals surface area contributed by atoms with Crippen molar-refractivity contribution in [2.45, 2.75) is 59.3 Å². The highest BCUT2D eigenvalue weighted by Crippen LogP contribution is 2.32. The zero-order valence-electron chi connectivity index (χ0n) is 13.8. The van der Waals surface area contributed by atoms with E-state index in [-0.39, 0.29) is 0 Å². The van der Waals surface area contributed by atoms with E-state index in [1.807, 2.05) is 0 Å². The number of hydrogen-bond donors (Lipinski definition) is 0. The van der Waals surface area contributed by atoms with Crippen LogP contribution in [-0.4, -0.2) is 0 Å². The quantitative estimate of drug-likeness (QED) is 0.529. The summed E-state index contributed by atoms with van der Waals surface area (Å²) in [7, 11) is 0. The van der Waals surface area contributed by atoms with Crippen LogP contribution in [0.3, 0.4) is 0 Å². The lowest BCUT2D eigenvalue weighted by Crippen LogP contribution is -1.94. The summed E-state index contributed by atoms with van der Waals surface area (Å²) in [5.74, 6) is 0. The van der Waals surface area contributed by atoms with Crippen molar-refractivity contribution in [3.8, 4) is 0 Å². The van der Waals surface area contributed by atoms with Gasteiger partial charge in [0, 0.05) is 0 Å². The highest BCUT2D eigenvalue weighted by molar-refractivity contribution is 5.81. The summed E-state index contributed by atoms with van der Waals surface area (Å²) in [5.41, 5.74) is 8.33. The molecule has 0 aromatic heterocycles. The van der Waals surface area contributed by atoms with Gasteiger partial charge in [-0.2, -0.15) is 0 Å². The highest BCUT2D eigenvalue weighted by Gasteiger charge is 2.12. The zero-order valence-corrected chi connectivity index (χ0v) is 13.8. The molecule has 0 nitrogen and oxygen atoms in total. The molecule has 1 aromatic carbocycles. The van der Waals surface area contributed by atoms with Crippen LogP contribution in [0.5, 0.6) is 0 Å². The monoisotopic (exact) mass is 280 g/mol. The van der Waals surface area contributed by atoms with Gasteiger partial charge in [0.1, 0.15) is 0 Å². The third-order valence-corrected chi connectivity index (χ3v) is 4.23. The Bertz CT molecular complexity index is 570. The fourth-order valence-electron chi connectivity index (χ4n) is 2.96. The third kappa shape index (κ3) is 3.97. The lowest BCUT2D eigenvalue weighted by molar-refractivity contribution is 0.793. The molecule has 0 N–H and O–H groups in total. The van der Waals surface area contributed by atoms with E-state index >= 15 is 0 Å². The molecule has 2 rings (SSSR count). The van der Waals surface area contributed by atoms with Crippen molar-refractivity contribution < 1.29 is 0 Å². The number of hydrogen-bond acceptors (Lipinski definition) is 0. The summed E-state index contributed by atoms with van der Waals surface area (Å²) in [6.07, 6.45) is 12.1. The minimum atomic E-state index is 1.13. The van der Waals surface area contributed by atoms with Crippen molar-refractivity contribution in [3.05, 3.63) is 59.2 Å². The van der Waals surface area contributed by atoms with Crippen molar-refractivity contribution in [2.24, 2.45) is 0 Å². The molecular formula is C21H28. The van der Waals surface area contributed by atoms with Crippen LogP contribution in [0, 0.1) is 0 Å². The lowest BCUT2D eigenvalue weighted by atomic mass is 9.93. The van der Waals surface area contributed by atoms with E-state index in [1.165, 1.54) is 54.4 Å². The second-order valence-corrected chi connectivity index (χ2v) is 6.17. The molecule has 0 spiro atoms. The smallest absolute Gasteiger partial charge is 0.0126 e. The Kier molecular flexibility index (Phi) is 5.61. The van der Waals surface area contributed by atoms with E-state index < -0.39 is 0 Å².